The van der Waals surface area contributed by atoms with Crippen LogP contribution in [0.25, 0.3) is 16.9 Å². The fourth-order valence-electron chi connectivity index (χ4n) is 3.33. The lowest BCUT2D eigenvalue weighted by atomic mass is 10.1. The van der Waals surface area contributed by atoms with Crippen molar-refractivity contribution in [2.24, 2.45) is 0 Å². The number of fused-ring (bicyclic) bond motifs is 1. The molecular formula is C22H18ClF2N3. The van der Waals surface area contributed by atoms with Crippen LogP contribution in [0.2, 0.25) is 5.02 Å². The molecule has 142 valence electrons. The van der Waals surface area contributed by atoms with Gasteiger partial charge in [0.05, 0.1) is 10.7 Å². The molecule has 0 fully saturated rings. The van der Waals surface area contributed by atoms with Crippen LogP contribution in [-0.2, 0) is 6.42 Å². The molecule has 0 aliphatic carbocycles. The average molecular weight is 398 g/mol. The lowest BCUT2D eigenvalue weighted by molar-refractivity contribution is 0.585. The van der Waals surface area contributed by atoms with Crippen molar-refractivity contribution in [3.05, 3.63) is 82.5 Å². The molecule has 0 aliphatic heterocycles. The molecule has 2 aromatic heterocycles. The van der Waals surface area contributed by atoms with E-state index in [9.17, 15) is 8.78 Å². The van der Waals surface area contributed by atoms with E-state index in [2.05, 4.69) is 10.3 Å². The van der Waals surface area contributed by atoms with E-state index in [0.717, 1.165) is 29.4 Å². The Bertz CT molecular complexity index is 1160. The summed E-state index contributed by atoms with van der Waals surface area (Å²) in [5.74, 6) is -0.703. The van der Waals surface area contributed by atoms with Crippen molar-refractivity contribution in [3.63, 3.8) is 0 Å². The van der Waals surface area contributed by atoms with E-state index in [1.807, 2.05) is 48.6 Å². The molecule has 0 amide bonds. The van der Waals surface area contributed by atoms with Gasteiger partial charge in [-0.15, -0.1) is 0 Å². The zero-order valence-corrected chi connectivity index (χ0v) is 16.2. The number of pyridine rings is 1. The molecule has 0 bridgehead atoms. The second kappa shape index (κ2) is 7.24. The Balaban J connectivity index is 2.01. The molecule has 0 saturated heterocycles. The second-order valence-corrected chi connectivity index (χ2v) is 6.96. The van der Waals surface area contributed by atoms with E-state index in [-0.39, 0.29) is 5.56 Å². The van der Waals surface area contributed by atoms with Crippen molar-refractivity contribution in [2.45, 2.75) is 20.3 Å². The predicted octanol–water partition coefficient (Wildman–Crippen LogP) is 6.55. The highest BCUT2D eigenvalue weighted by atomic mass is 35.5. The Kier molecular flexibility index (Phi) is 4.77. The minimum Gasteiger partial charge on any atom is -0.338 e. The fraction of sp³-hybridized carbons (Fsp3) is 0.136. The molecule has 28 heavy (non-hydrogen) atoms. The minimum absolute atomic E-state index is 0.222. The van der Waals surface area contributed by atoms with Gasteiger partial charge in [0, 0.05) is 17.3 Å². The number of rotatable bonds is 4. The van der Waals surface area contributed by atoms with Gasteiger partial charge in [-0.05, 0) is 49.2 Å². The quantitative estimate of drug-likeness (QED) is 0.423. The van der Waals surface area contributed by atoms with Gasteiger partial charge in [0.25, 0.3) is 0 Å². The highest BCUT2D eigenvalue weighted by Crippen LogP contribution is 2.36. The van der Waals surface area contributed by atoms with E-state index in [1.54, 1.807) is 6.07 Å². The highest BCUT2D eigenvalue weighted by molar-refractivity contribution is 6.33. The summed E-state index contributed by atoms with van der Waals surface area (Å²) in [6.07, 6.45) is 0.759. The number of hydrogen-bond acceptors (Lipinski definition) is 2. The summed E-state index contributed by atoms with van der Waals surface area (Å²) >= 11 is 6.41. The van der Waals surface area contributed by atoms with Crippen LogP contribution in [0, 0.1) is 18.6 Å². The van der Waals surface area contributed by atoms with Gasteiger partial charge in [0.2, 0.25) is 0 Å². The normalized spacial score (nSPS) is 11.2. The maximum Gasteiger partial charge on any atom is 0.143 e. The molecule has 2 aromatic carbocycles. The molecule has 0 saturated carbocycles. The molecule has 4 aromatic rings. The van der Waals surface area contributed by atoms with E-state index < -0.39 is 11.6 Å². The first-order valence-electron chi connectivity index (χ1n) is 8.97. The first kappa shape index (κ1) is 18.4. The molecule has 0 atom stereocenters. The van der Waals surface area contributed by atoms with Crippen molar-refractivity contribution >= 4 is 28.8 Å². The van der Waals surface area contributed by atoms with Crippen LogP contribution in [0.4, 0.5) is 20.3 Å². The number of nitrogens with one attached hydrogen (secondary N) is 1. The number of aromatic nitrogens is 2. The van der Waals surface area contributed by atoms with Gasteiger partial charge < -0.3 is 5.32 Å². The van der Waals surface area contributed by atoms with Gasteiger partial charge in [-0.25, -0.2) is 13.8 Å². The van der Waals surface area contributed by atoms with Crippen molar-refractivity contribution in [3.8, 4) is 11.3 Å². The van der Waals surface area contributed by atoms with Crippen LogP contribution in [0.3, 0.4) is 0 Å². The van der Waals surface area contributed by atoms with Crippen LogP contribution in [0.1, 0.15) is 18.2 Å². The maximum atomic E-state index is 14.6. The van der Waals surface area contributed by atoms with Crippen molar-refractivity contribution < 1.29 is 8.78 Å². The Labute approximate surface area is 166 Å². The van der Waals surface area contributed by atoms with Crippen LogP contribution in [0.15, 0.2) is 54.6 Å². The van der Waals surface area contributed by atoms with Crippen molar-refractivity contribution in [2.75, 3.05) is 5.32 Å². The summed E-state index contributed by atoms with van der Waals surface area (Å²) in [5, 5.41) is 3.91. The third-order valence-electron chi connectivity index (χ3n) is 4.74. The SMILES string of the molecule is CCc1cccc2nc(-c3ccc(F)cc3F)c(Nc3c(C)cccc3Cl)n12. The third kappa shape index (κ3) is 3.12. The van der Waals surface area contributed by atoms with Crippen LogP contribution in [-0.4, -0.2) is 9.38 Å². The number of halogens is 3. The molecule has 1 N–H and O–H groups in total. The Morgan fingerprint density at radius 2 is 1.86 bits per heavy atom. The smallest absolute Gasteiger partial charge is 0.143 e. The highest BCUT2D eigenvalue weighted by Gasteiger charge is 2.20. The second-order valence-electron chi connectivity index (χ2n) is 6.55. The number of imidazole rings is 1. The standard InChI is InChI=1S/C22H18ClF2N3/c1-3-15-7-5-9-19-26-21(16-11-10-14(24)12-18(16)25)22(28(15)19)27-20-13(2)6-4-8-17(20)23/h4-12,27H,3H2,1-2H3. The summed E-state index contributed by atoms with van der Waals surface area (Å²) in [4.78, 5) is 4.63. The Morgan fingerprint density at radius 3 is 2.57 bits per heavy atom. The molecule has 2 heterocycles. The summed E-state index contributed by atoms with van der Waals surface area (Å²) in [6, 6.07) is 14.9. The van der Waals surface area contributed by atoms with Gasteiger partial charge in [0.1, 0.15) is 28.8 Å². The fourth-order valence-corrected chi connectivity index (χ4v) is 3.60. The molecule has 4 rings (SSSR count). The van der Waals surface area contributed by atoms with Crippen LogP contribution < -0.4 is 5.32 Å². The van der Waals surface area contributed by atoms with Crippen LogP contribution >= 0.6 is 11.6 Å². The first-order chi connectivity index (χ1) is 13.5. The average Bonchev–Trinajstić information content (AvgIpc) is 3.03. The molecule has 0 aliphatic rings. The summed E-state index contributed by atoms with van der Waals surface area (Å²) < 4.78 is 30.0. The van der Waals surface area contributed by atoms with Crippen molar-refractivity contribution in [1.29, 1.82) is 0 Å². The first-order valence-corrected chi connectivity index (χ1v) is 9.35. The molecule has 0 unspecified atom stereocenters. The number of hydrogen-bond donors (Lipinski definition) is 1. The van der Waals surface area contributed by atoms with Gasteiger partial charge in [-0.2, -0.15) is 0 Å². The van der Waals surface area contributed by atoms with E-state index in [4.69, 9.17) is 11.6 Å². The number of para-hydroxylation sites is 1. The molecule has 6 heteroatoms. The number of aryl methyl sites for hydroxylation is 2. The topological polar surface area (TPSA) is 29.3 Å². The third-order valence-corrected chi connectivity index (χ3v) is 5.05. The zero-order chi connectivity index (χ0) is 19.8. The van der Waals surface area contributed by atoms with E-state index in [0.29, 0.717) is 22.2 Å². The summed E-state index contributed by atoms with van der Waals surface area (Å²) in [6.45, 7) is 3.98. The maximum absolute atomic E-state index is 14.6. The summed E-state index contributed by atoms with van der Waals surface area (Å²) in [7, 11) is 0. The monoisotopic (exact) mass is 397 g/mol. The molecule has 0 radical (unpaired) electrons. The van der Waals surface area contributed by atoms with Gasteiger partial charge >= 0.3 is 0 Å². The molecule has 0 spiro atoms. The zero-order valence-electron chi connectivity index (χ0n) is 15.4. The van der Waals surface area contributed by atoms with Crippen LogP contribution in [0.5, 0.6) is 0 Å². The minimum atomic E-state index is -0.666. The largest absolute Gasteiger partial charge is 0.338 e. The van der Waals surface area contributed by atoms with Gasteiger partial charge in [0.15, 0.2) is 0 Å². The number of benzene rings is 2. The lowest BCUT2D eigenvalue weighted by Gasteiger charge is -2.15. The van der Waals surface area contributed by atoms with Gasteiger partial charge in [-0.1, -0.05) is 36.7 Å². The van der Waals surface area contributed by atoms with Gasteiger partial charge in [-0.3, -0.25) is 4.40 Å². The van der Waals surface area contributed by atoms with E-state index >= 15 is 0 Å². The van der Waals surface area contributed by atoms with Crippen molar-refractivity contribution in [1.82, 2.24) is 9.38 Å². The lowest BCUT2D eigenvalue weighted by Crippen LogP contribution is -2.03. The Hall–Kier alpha value is -2.92. The number of nitrogens with zero attached hydrogens (tertiary/aromatic N) is 2. The Morgan fingerprint density at radius 1 is 1.07 bits per heavy atom. The summed E-state index contributed by atoms with van der Waals surface area (Å²) in [5.41, 5.74) is 3.97. The molecule has 3 nitrogen and oxygen atoms in total. The number of anilines is 2. The molecular weight excluding hydrogens is 380 g/mol. The predicted molar refractivity (Wildman–Crippen MR) is 109 cm³/mol. The van der Waals surface area contributed by atoms with E-state index in [1.165, 1.54) is 12.1 Å².